The molecule has 0 aromatic heterocycles. The Morgan fingerprint density at radius 2 is 1.86 bits per heavy atom. The van der Waals surface area contributed by atoms with E-state index in [9.17, 15) is 4.79 Å². The summed E-state index contributed by atoms with van der Waals surface area (Å²) >= 11 is 0. The number of likely N-dealkylation sites (N-methyl/N-ethyl adjacent to an activating group) is 1. The average molecular weight is 285 g/mol. The zero-order valence-corrected chi connectivity index (χ0v) is 12.1. The minimum Gasteiger partial charge on any atom is -0.459 e. The topological polar surface area (TPSA) is 42.1 Å². The summed E-state index contributed by atoms with van der Waals surface area (Å²) in [5.41, 5.74) is 1.26. The summed E-state index contributed by atoms with van der Waals surface area (Å²) in [4.78, 5) is 14.6. The number of esters is 1. The number of hydrogen-bond acceptors (Lipinski definition) is 4. The van der Waals surface area contributed by atoms with Gasteiger partial charge in [0.25, 0.3) is 0 Å². The molecule has 1 aromatic rings. The molecule has 3 aliphatic rings. The maximum absolute atomic E-state index is 12.3. The molecule has 21 heavy (non-hydrogen) atoms. The SMILES string of the molecule is C=C(C(=O)OC1C[C@@H]2[C@H]3O[C@H]3[C@H](C1)N2C)c1ccccc1. The van der Waals surface area contributed by atoms with Crippen LogP contribution >= 0.6 is 0 Å². The summed E-state index contributed by atoms with van der Waals surface area (Å²) in [5, 5.41) is 0. The minimum absolute atomic E-state index is 0.0134. The third-order valence-electron chi connectivity index (χ3n) is 5.02. The zero-order valence-electron chi connectivity index (χ0n) is 12.1. The normalized spacial score (nSPS) is 36.9. The Labute approximate surface area is 124 Å². The van der Waals surface area contributed by atoms with Crippen molar-refractivity contribution in [2.45, 2.75) is 43.2 Å². The Morgan fingerprint density at radius 3 is 2.48 bits per heavy atom. The van der Waals surface area contributed by atoms with Gasteiger partial charge in [0, 0.05) is 24.9 Å². The van der Waals surface area contributed by atoms with Gasteiger partial charge in [-0.05, 0) is 12.6 Å². The number of rotatable bonds is 3. The van der Waals surface area contributed by atoms with Crippen molar-refractivity contribution in [1.29, 1.82) is 0 Å². The van der Waals surface area contributed by atoms with Crippen LogP contribution in [0, 0.1) is 0 Å². The van der Waals surface area contributed by atoms with Crippen LogP contribution in [0.3, 0.4) is 0 Å². The lowest BCUT2D eigenvalue weighted by Gasteiger charge is -2.37. The van der Waals surface area contributed by atoms with Crippen molar-refractivity contribution >= 4 is 11.5 Å². The van der Waals surface area contributed by atoms with Crippen LogP contribution in [0.15, 0.2) is 36.9 Å². The second kappa shape index (κ2) is 4.68. The van der Waals surface area contributed by atoms with Crippen molar-refractivity contribution < 1.29 is 14.3 Å². The second-order valence-electron chi connectivity index (χ2n) is 6.21. The molecule has 3 fully saturated rings. The third-order valence-corrected chi connectivity index (χ3v) is 5.02. The molecule has 3 aliphatic heterocycles. The molecule has 2 bridgehead atoms. The van der Waals surface area contributed by atoms with Crippen molar-refractivity contribution in [3.63, 3.8) is 0 Å². The summed E-state index contributed by atoms with van der Waals surface area (Å²) in [6.45, 7) is 3.87. The number of nitrogens with zero attached hydrogens (tertiary/aromatic N) is 1. The van der Waals surface area contributed by atoms with Crippen LogP contribution in [-0.2, 0) is 14.3 Å². The zero-order chi connectivity index (χ0) is 14.6. The van der Waals surface area contributed by atoms with E-state index in [4.69, 9.17) is 9.47 Å². The first-order valence-electron chi connectivity index (χ1n) is 7.48. The number of morpholine rings is 1. The van der Waals surface area contributed by atoms with Crippen LogP contribution in [0.4, 0.5) is 0 Å². The molecule has 4 rings (SSSR count). The molecule has 110 valence electrons. The van der Waals surface area contributed by atoms with Crippen LogP contribution in [0.2, 0.25) is 0 Å². The lowest BCUT2D eigenvalue weighted by atomic mass is 9.99. The predicted molar refractivity (Wildman–Crippen MR) is 78.6 cm³/mol. The molecular weight excluding hydrogens is 266 g/mol. The molecule has 0 saturated carbocycles. The van der Waals surface area contributed by atoms with Crippen LogP contribution < -0.4 is 0 Å². The van der Waals surface area contributed by atoms with Gasteiger partial charge in [-0.1, -0.05) is 36.9 Å². The average Bonchev–Trinajstić information content (AvgIpc) is 3.25. The molecule has 0 N–H and O–H groups in total. The molecule has 4 nitrogen and oxygen atoms in total. The minimum atomic E-state index is -0.301. The molecule has 1 aromatic carbocycles. The number of hydrogen-bond donors (Lipinski definition) is 0. The van der Waals surface area contributed by atoms with Crippen molar-refractivity contribution in [3.05, 3.63) is 42.5 Å². The fourth-order valence-electron chi connectivity index (χ4n) is 3.78. The van der Waals surface area contributed by atoms with E-state index in [0.29, 0.717) is 29.9 Å². The maximum atomic E-state index is 12.3. The lowest BCUT2D eigenvalue weighted by Crippen LogP contribution is -2.47. The molecule has 4 heteroatoms. The molecule has 0 spiro atoms. The third kappa shape index (κ3) is 2.10. The van der Waals surface area contributed by atoms with Gasteiger partial charge >= 0.3 is 5.97 Å². The van der Waals surface area contributed by atoms with Gasteiger partial charge < -0.3 is 9.47 Å². The van der Waals surface area contributed by atoms with E-state index in [2.05, 4.69) is 18.5 Å². The number of fused-ring (bicyclic) bond motifs is 5. The Kier molecular flexibility index (Phi) is 2.91. The molecule has 1 unspecified atom stereocenters. The van der Waals surface area contributed by atoms with Crippen LogP contribution in [-0.4, -0.2) is 48.3 Å². The van der Waals surface area contributed by atoms with Crippen LogP contribution in [0.25, 0.3) is 5.57 Å². The van der Waals surface area contributed by atoms with Crippen LogP contribution in [0.1, 0.15) is 18.4 Å². The first-order valence-corrected chi connectivity index (χ1v) is 7.48. The Bertz CT molecular complexity index is 567. The molecule has 0 aliphatic carbocycles. The fraction of sp³-hybridized carbons (Fsp3) is 0.471. The highest BCUT2D eigenvalue weighted by Gasteiger charge is 2.62. The van der Waals surface area contributed by atoms with Gasteiger partial charge in [0.15, 0.2) is 0 Å². The van der Waals surface area contributed by atoms with E-state index in [1.807, 2.05) is 30.3 Å². The Hall–Kier alpha value is -1.65. The molecule has 5 atom stereocenters. The van der Waals surface area contributed by atoms with E-state index in [1.54, 1.807) is 0 Å². The summed E-state index contributed by atoms with van der Waals surface area (Å²) in [6.07, 6.45) is 2.44. The first kappa shape index (κ1) is 13.0. The predicted octanol–water partition coefficient (Wildman–Crippen LogP) is 1.86. The van der Waals surface area contributed by atoms with Gasteiger partial charge in [0.05, 0.1) is 5.57 Å². The molecule has 3 saturated heterocycles. The van der Waals surface area contributed by atoms with Crippen LogP contribution in [0.5, 0.6) is 0 Å². The van der Waals surface area contributed by atoms with E-state index in [0.717, 1.165) is 18.4 Å². The summed E-state index contributed by atoms with van der Waals surface area (Å²) in [7, 11) is 2.14. The highest BCUT2D eigenvalue weighted by molar-refractivity contribution is 6.15. The van der Waals surface area contributed by atoms with Gasteiger partial charge in [0.1, 0.15) is 18.3 Å². The largest absolute Gasteiger partial charge is 0.459 e. The van der Waals surface area contributed by atoms with Crippen molar-refractivity contribution in [2.75, 3.05) is 7.05 Å². The monoisotopic (exact) mass is 285 g/mol. The number of benzene rings is 1. The summed E-state index contributed by atoms with van der Waals surface area (Å²) in [6, 6.07) is 10.3. The molecule has 0 amide bonds. The van der Waals surface area contributed by atoms with E-state index < -0.39 is 0 Å². The van der Waals surface area contributed by atoms with Crippen molar-refractivity contribution in [2.24, 2.45) is 0 Å². The van der Waals surface area contributed by atoms with E-state index >= 15 is 0 Å². The number of carbonyl (C=O) groups excluding carboxylic acids is 1. The molecule has 3 heterocycles. The van der Waals surface area contributed by atoms with Gasteiger partial charge in [0.2, 0.25) is 0 Å². The fourth-order valence-corrected chi connectivity index (χ4v) is 3.78. The Balaban J connectivity index is 1.41. The summed E-state index contributed by atoms with van der Waals surface area (Å²) in [5.74, 6) is -0.301. The molecular formula is C17H19NO3. The second-order valence-corrected chi connectivity index (χ2v) is 6.21. The number of carbonyl (C=O) groups is 1. The first-order chi connectivity index (χ1) is 10.1. The van der Waals surface area contributed by atoms with Gasteiger partial charge in [-0.2, -0.15) is 0 Å². The highest BCUT2D eigenvalue weighted by atomic mass is 16.6. The highest BCUT2D eigenvalue weighted by Crippen LogP contribution is 2.48. The van der Waals surface area contributed by atoms with Crippen molar-refractivity contribution in [3.8, 4) is 0 Å². The quantitative estimate of drug-likeness (QED) is 0.483. The van der Waals surface area contributed by atoms with Gasteiger partial charge in [-0.25, -0.2) is 4.79 Å². The van der Waals surface area contributed by atoms with Gasteiger partial charge in [-0.3, -0.25) is 4.90 Å². The van der Waals surface area contributed by atoms with E-state index in [1.165, 1.54) is 0 Å². The number of epoxide rings is 1. The maximum Gasteiger partial charge on any atom is 0.338 e. The van der Waals surface area contributed by atoms with E-state index in [-0.39, 0.29) is 12.1 Å². The molecule has 0 radical (unpaired) electrons. The lowest BCUT2D eigenvalue weighted by molar-refractivity contribution is -0.146. The van der Waals surface area contributed by atoms with Crippen molar-refractivity contribution in [1.82, 2.24) is 4.90 Å². The van der Waals surface area contributed by atoms with Gasteiger partial charge in [-0.15, -0.1) is 0 Å². The summed E-state index contributed by atoms with van der Waals surface area (Å²) < 4.78 is 11.3. The Morgan fingerprint density at radius 1 is 1.24 bits per heavy atom. The smallest absolute Gasteiger partial charge is 0.338 e. The number of piperidine rings is 1. The number of ether oxygens (including phenoxy) is 2. The standard InChI is InChI=1S/C17H19NO3/c1-10(11-6-4-3-5-7-11)17(19)20-12-8-13-15-16(21-15)14(9-12)18(13)2/h3-7,12-16H,1,8-9H2,2H3/t12?,13-,14+,15-,16+.